The van der Waals surface area contributed by atoms with E-state index in [0.29, 0.717) is 0 Å². The quantitative estimate of drug-likeness (QED) is 0.847. The summed E-state index contributed by atoms with van der Waals surface area (Å²) < 4.78 is 0. The maximum atomic E-state index is 12.0. The molecule has 8 heteroatoms. The molecular formula is C12H15N3O4S. The van der Waals surface area contributed by atoms with Gasteiger partial charge in [-0.15, -0.1) is 11.3 Å². The maximum Gasteiger partial charge on any atom is 0.355 e. The van der Waals surface area contributed by atoms with Crippen LogP contribution in [-0.2, 0) is 4.79 Å². The zero-order valence-electron chi connectivity index (χ0n) is 11.0. The molecule has 1 atom stereocenters. The largest absolute Gasteiger partial charge is 0.476 e. The number of nitrogens with one attached hydrogen (secondary N) is 1. The van der Waals surface area contributed by atoms with E-state index in [4.69, 9.17) is 5.11 Å². The average molecular weight is 297 g/mol. The number of carboxylic acids is 1. The van der Waals surface area contributed by atoms with Gasteiger partial charge in [-0.1, -0.05) is 0 Å². The van der Waals surface area contributed by atoms with Gasteiger partial charge in [0.05, 0.1) is 0 Å². The summed E-state index contributed by atoms with van der Waals surface area (Å²) in [5.41, 5.74) is -0.168. The lowest BCUT2D eigenvalue weighted by Gasteiger charge is -2.20. The Morgan fingerprint density at radius 3 is 2.60 bits per heavy atom. The van der Waals surface area contributed by atoms with Crippen LogP contribution >= 0.6 is 11.3 Å². The van der Waals surface area contributed by atoms with Gasteiger partial charge in [-0.3, -0.25) is 9.59 Å². The fourth-order valence-electron chi connectivity index (χ4n) is 2.01. The second-order valence-corrected chi connectivity index (χ2v) is 5.43. The molecule has 0 saturated carbocycles. The number of carbonyl (C=O) groups excluding carboxylic acids is 2. The van der Waals surface area contributed by atoms with Crippen molar-refractivity contribution >= 4 is 29.1 Å². The van der Waals surface area contributed by atoms with Crippen LogP contribution in [0.25, 0.3) is 0 Å². The van der Waals surface area contributed by atoms with Crippen LogP contribution in [0.5, 0.6) is 0 Å². The van der Waals surface area contributed by atoms with E-state index < -0.39 is 17.9 Å². The molecule has 1 aromatic rings. The molecule has 0 aliphatic carbocycles. The summed E-state index contributed by atoms with van der Waals surface area (Å²) >= 11 is 0.943. The van der Waals surface area contributed by atoms with Crippen LogP contribution < -0.4 is 5.32 Å². The molecule has 0 aromatic carbocycles. The minimum atomic E-state index is -1.18. The summed E-state index contributed by atoms with van der Waals surface area (Å²) in [6.07, 6.45) is 1.97. The number of hydrogen-bond donors (Lipinski definition) is 2. The lowest BCUT2D eigenvalue weighted by atomic mass is 10.3. The van der Waals surface area contributed by atoms with Gasteiger partial charge in [-0.05, 0) is 19.8 Å². The van der Waals surface area contributed by atoms with Crippen molar-refractivity contribution in [3.63, 3.8) is 0 Å². The molecule has 108 valence electrons. The van der Waals surface area contributed by atoms with Crippen LogP contribution in [0.4, 0.5) is 0 Å². The third-order valence-corrected chi connectivity index (χ3v) is 3.89. The molecule has 2 amide bonds. The molecular weight excluding hydrogens is 282 g/mol. The van der Waals surface area contributed by atoms with E-state index in [-0.39, 0.29) is 16.6 Å². The minimum Gasteiger partial charge on any atom is -0.476 e. The topological polar surface area (TPSA) is 99.6 Å². The van der Waals surface area contributed by atoms with E-state index in [1.54, 1.807) is 11.8 Å². The fourth-order valence-corrected chi connectivity index (χ4v) is 2.70. The molecule has 0 spiro atoms. The SMILES string of the molecule is CC(NC(=O)c1nc(C(=O)O)cs1)C(=O)N1CCCC1. The standard InChI is InChI=1S/C12H15N3O4S/c1-7(11(17)15-4-2-3-5-15)13-9(16)10-14-8(6-20-10)12(18)19/h6-7H,2-5H2,1H3,(H,13,16)(H,18,19). The van der Waals surface area contributed by atoms with Crippen LogP contribution in [0.15, 0.2) is 5.38 Å². The van der Waals surface area contributed by atoms with Crippen molar-refractivity contribution in [2.45, 2.75) is 25.8 Å². The Labute approximate surface area is 119 Å². The van der Waals surface area contributed by atoms with Crippen molar-refractivity contribution in [2.24, 2.45) is 0 Å². The van der Waals surface area contributed by atoms with Crippen molar-refractivity contribution in [3.05, 3.63) is 16.1 Å². The normalized spacial score (nSPS) is 15.9. The summed E-state index contributed by atoms with van der Waals surface area (Å²) in [5.74, 6) is -1.82. The van der Waals surface area contributed by atoms with E-state index >= 15 is 0 Å². The lowest BCUT2D eigenvalue weighted by Crippen LogP contribution is -2.45. The van der Waals surface area contributed by atoms with Gasteiger partial charge in [0.25, 0.3) is 5.91 Å². The number of nitrogens with zero attached hydrogens (tertiary/aromatic N) is 2. The number of thiazole rings is 1. The Kier molecular flexibility index (Phi) is 4.33. The molecule has 2 N–H and O–H groups in total. The number of carboxylic acid groups (broad SMARTS) is 1. The zero-order valence-corrected chi connectivity index (χ0v) is 11.8. The molecule has 2 heterocycles. The number of rotatable bonds is 4. The maximum absolute atomic E-state index is 12.0. The van der Waals surface area contributed by atoms with Crippen molar-refractivity contribution in [2.75, 3.05) is 13.1 Å². The van der Waals surface area contributed by atoms with Crippen LogP contribution in [0, 0.1) is 0 Å². The van der Waals surface area contributed by atoms with Gasteiger partial charge in [0, 0.05) is 18.5 Å². The van der Waals surface area contributed by atoms with Crippen LogP contribution in [0.1, 0.15) is 40.1 Å². The molecule has 1 aliphatic rings. The first-order chi connectivity index (χ1) is 9.49. The third kappa shape index (κ3) is 3.13. The second-order valence-electron chi connectivity index (χ2n) is 4.57. The first-order valence-corrected chi connectivity index (χ1v) is 7.15. The monoisotopic (exact) mass is 297 g/mol. The second kappa shape index (κ2) is 6.00. The summed E-state index contributed by atoms with van der Waals surface area (Å²) in [6.45, 7) is 3.06. The number of hydrogen-bond acceptors (Lipinski definition) is 5. The summed E-state index contributed by atoms with van der Waals surface area (Å²) in [6, 6.07) is -0.641. The molecule has 0 bridgehead atoms. The van der Waals surface area contributed by atoms with E-state index in [1.165, 1.54) is 5.38 Å². The third-order valence-electron chi connectivity index (χ3n) is 3.05. The van der Waals surface area contributed by atoms with E-state index in [2.05, 4.69) is 10.3 Å². The molecule has 1 aliphatic heterocycles. The molecule has 1 saturated heterocycles. The molecule has 1 unspecified atom stereocenters. The van der Waals surface area contributed by atoms with Crippen LogP contribution in [0.3, 0.4) is 0 Å². The minimum absolute atomic E-state index is 0.0449. The molecule has 0 radical (unpaired) electrons. The van der Waals surface area contributed by atoms with E-state index in [1.807, 2.05) is 0 Å². The van der Waals surface area contributed by atoms with Crippen molar-refractivity contribution in [3.8, 4) is 0 Å². The van der Waals surface area contributed by atoms with E-state index in [0.717, 1.165) is 37.3 Å². The van der Waals surface area contributed by atoms with Gasteiger partial charge >= 0.3 is 5.97 Å². The van der Waals surface area contributed by atoms with Crippen LogP contribution in [0.2, 0.25) is 0 Å². The molecule has 1 aromatic heterocycles. The van der Waals surface area contributed by atoms with Gasteiger partial charge in [0.15, 0.2) is 10.7 Å². The Balaban J connectivity index is 1.95. The van der Waals surface area contributed by atoms with Gasteiger partial charge in [0.2, 0.25) is 5.91 Å². The summed E-state index contributed by atoms with van der Waals surface area (Å²) in [5, 5.41) is 12.6. The first-order valence-electron chi connectivity index (χ1n) is 6.27. The Morgan fingerprint density at radius 2 is 2.05 bits per heavy atom. The Morgan fingerprint density at radius 1 is 1.40 bits per heavy atom. The number of amides is 2. The van der Waals surface area contributed by atoms with Gasteiger partial charge in [-0.2, -0.15) is 0 Å². The molecule has 7 nitrogen and oxygen atoms in total. The van der Waals surface area contributed by atoms with Crippen molar-refractivity contribution < 1.29 is 19.5 Å². The highest BCUT2D eigenvalue weighted by atomic mass is 32.1. The Bertz CT molecular complexity index is 537. The Hall–Kier alpha value is -1.96. The predicted octanol–water partition coefficient (Wildman–Crippen LogP) is 0.582. The number of carbonyl (C=O) groups is 3. The van der Waals surface area contributed by atoms with Gasteiger partial charge in [-0.25, -0.2) is 9.78 Å². The number of aromatic nitrogens is 1. The predicted molar refractivity (Wildman–Crippen MR) is 71.8 cm³/mol. The average Bonchev–Trinajstić information content (AvgIpc) is 3.08. The van der Waals surface area contributed by atoms with Gasteiger partial charge < -0.3 is 15.3 Å². The highest BCUT2D eigenvalue weighted by molar-refractivity contribution is 7.11. The van der Waals surface area contributed by atoms with Crippen molar-refractivity contribution in [1.29, 1.82) is 0 Å². The van der Waals surface area contributed by atoms with Crippen molar-refractivity contribution in [1.82, 2.24) is 15.2 Å². The number of aromatic carboxylic acids is 1. The van der Waals surface area contributed by atoms with Crippen LogP contribution in [-0.4, -0.2) is 51.9 Å². The number of likely N-dealkylation sites (tertiary alicyclic amines) is 1. The zero-order chi connectivity index (χ0) is 14.7. The van der Waals surface area contributed by atoms with Gasteiger partial charge in [0.1, 0.15) is 6.04 Å². The highest BCUT2D eigenvalue weighted by Crippen LogP contribution is 2.12. The lowest BCUT2D eigenvalue weighted by molar-refractivity contribution is -0.131. The first kappa shape index (κ1) is 14.4. The fraction of sp³-hybridized carbons (Fsp3) is 0.500. The molecule has 20 heavy (non-hydrogen) atoms. The smallest absolute Gasteiger partial charge is 0.355 e. The summed E-state index contributed by atoms with van der Waals surface area (Å²) in [7, 11) is 0. The van der Waals surface area contributed by atoms with E-state index in [9.17, 15) is 14.4 Å². The molecule has 2 rings (SSSR count). The highest BCUT2D eigenvalue weighted by Gasteiger charge is 2.25. The summed E-state index contributed by atoms with van der Waals surface area (Å²) in [4.78, 5) is 40.0. The molecule has 1 fully saturated rings.